The first kappa shape index (κ1) is 13.0. The molecule has 1 aromatic carbocycles. The van der Waals surface area contributed by atoms with Crippen LogP contribution in [-0.2, 0) is 4.79 Å². The molecular formula is C17H12OS2. The average Bonchev–Trinajstić information content (AvgIpc) is 3.19. The molecule has 0 saturated heterocycles. The van der Waals surface area contributed by atoms with E-state index in [1.807, 2.05) is 53.2 Å². The zero-order chi connectivity index (χ0) is 13.8. The second-order valence-electron chi connectivity index (χ2n) is 4.23. The second-order valence-corrected chi connectivity index (χ2v) is 6.12. The Balaban J connectivity index is 2.26. The highest BCUT2D eigenvalue weighted by Crippen LogP contribution is 2.35. The third-order valence-corrected chi connectivity index (χ3v) is 4.78. The van der Waals surface area contributed by atoms with Crippen LogP contribution in [0.2, 0.25) is 0 Å². The van der Waals surface area contributed by atoms with Crippen LogP contribution in [0.1, 0.15) is 15.3 Å². The van der Waals surface area contributed by atoms with Gasteiger partial charge in [-0.15, -0.1) is 22.7 Å². The van der Waals surface area contributed by atoms with Gasteiger partial charge in [0.05, 0.1) is 0 Å². The summed E-state index contributed by atoms with van der Waals surface area (Å²) in [7, 11) is 0. The van der Waals surface area contributed by atoms with Crippen molar-refractivity contribution in [2.75, 3.05) is 0 Å². The van der Waals surface area contributed by atoms with Gasteiger partial charge in [-0.05, 0) is 28.5 Å². The van der Waals surface area contributed by atoms with Crippen molar-refractivity contribution in [3.05, 3.63) is 80.7 Å². The molecule has 98 valence electrons. The fourth-order valence-electron chi connectivity index (χ4n) is 2.12. The number of rotatable bonds is 4. The third-order valence-electron chi connectivity index (χ3n) is 3.01. The minimum atomic E-state index is 0.746. The van der Waals surface area contributed by atoms with Crippen molar-refractivity contribution >= 4 is 40.1 Å². The predicted octanol–water partition coefficient (Wildman–Crippen LogP) is 4.97. The van der Waals surface area contributed by atoms with E-state index in [0.717, 1.165) is 32.8 Å². The Morgan fingerprint density at radius 2 is 1.40 bits per heavy atom. The summed E-state index contributed by atoms with van der Waals surface area (Å²) in [6, 6.07) is 18.0. The largest absolute Gasteiger partial charge is 0.298 e. The molecule has 2 aromatic heterocycles. The van der Waals surface area contributed by atoms with E-state index in [9.17, 15) is 4.79 Å². The number of allylic oxidation sites excluding steroid dienone is 1. The lowest BCUT2D eigenvalue weighted by atomic mass is 9.99. The molecule has 0 bridgehead atoms. The van der Waals surface area contributed by atoms with Crippen LogP contribution >= 0.6 is 22.7 Å². The zero-order valence-corrected chi connectivity index (χ0v) is 12.3. The summed E-state index contributed by atoms with van der Waals surface area (Å²) in [4.78, 5) is 13.9. The van der Waals surface area contributed by atoms with E-state index in [1.165, 1.54) is 0 Å². The van der Waals surface area contributed by atoms with Crippen molar-refractivity contribution in [3.63, 3.8) is 0 Å². The van der Waals surface area contributed by atoms with Crippen LogP contribution in [0, 0.1) is 0 Å². The Hall–Kier alpha value is -1.97. The van der Waals surface area contributed by atoms with Crippen molar-refractivity contribution in [2.24, 2.45) is 0 Å². The van der Waals surface area contributed by atoms with E-state index in [4.69, 9.17) is 0 Å². The maximum Gasteiger partial charge on any atom is 0.151 e. The van der Waals surface area contributed by atoms with Crippen LogP contribution in [0.4, 0.5) is 0 Å². The van der Waals surface area contributed by atoms with Crippen LogP contribution in [0.5, 0.6) is 0 Å². The SMILES string of the molecule is O=CC(=C(c1cccs1)c1cccs1)c1ccccc1. The molecule has 20 heavy (non-hydrogen) atoms. The number of thiophene rings is 2. The van der Waals surface area contributed by atoms with Crippen LogP contribution in [0.15, 0.2) is 65.4 Å². The maximum atomic E-state index is 11.7. The van der Waals surface area contributed by atoms with Gasteiger partial charge in [-0.1, -0.05) is 42.5 Å². The van der Waals surface area contributed by atoms with Gasteiger partial charge >= 0.3 is 0 Å². The minimum absolute atomic E-state index is 0.746. The van der Waals surface area contributed by atoms with Crippen molar-refractivity contribution in [1.82, 2.24) is 0 Å². The Morgan fingerprint density at radius 3 is 1.85 bits per heavy atom. The number of carbonyl (C=O) groups excluding carboxylic acids is 1. The smallest absolute Gasteiger partial charge is 0.151 e. The Labute approximate surface area is 125 Å². The van der Waals surface area contributed by atoms with Gasteiger partial charge in [-0.2, -0.15) is 0 Å². The van der Waals surface area contributed by atoms with E-state index in [1.54, 1.807) is 22.7 Å². The Morgan fingerprint density at radius 1 is 0.800 bits per heavy atom. The molecule has 0 amide bonds. The van der Waals surface area contributed by atoms with E-state index >= 15 is 0 Å². The third kappa shape index (κ3) is 2.50. The summed E-state index contributed by atoms with van der Waals surface area (Å²) in [6.07, 6.45) is 0.962. The highest BCUT2D eigenvalue weighted by molar-refractivity contribution is 7.14. The second kappa shape index (κ2) is 5.99. The van der Waals surface area contributed by atoms with Crippen LogP contribution < -0.4 is 0 Å². The van der Waals surface area contributed by atoms with Crippen LogP contribution in [0.3, 0.4) is 0 Å². The van der Waals surface area contributed by atoms with Crippen molar-refractivity contribution in [1.29, 1.82) is 0 Å². The van der Waals surface area contributed by atoms with Gasteiger partial charge in [0.25, 0.3) is 0 Å². The van der Waals surface area contributed by atoms with Crippen LogP contribution in [-0.4, -0.2) is 6.29 Å². The van der Waals surface area contributed by atoms with Gasteiger partial charge in [0.1, 0.15) is 0 Å². The highest BCUT2D eigenvalue weighted by Gasteiger charge is 2.14. The summed E-state index contributed by atoms with van der Waals surface area (Å²) in [5, 5.41) is 4.08. The Bertz CT molecular complexity index is 671. The van der Waals surface area contributed by atoms with Gasteiger partial charge < -0.3 is 0 Å². The molecule has 3 rings (SSSR count). The van der Waals surface area contributed by atoms with E-state index in [2.05, 4.69) is 12.1 Å². The molecule has 0 aliphatic heterocycles. The molecule has 0 saturated carbocycles. The molecule has 3 heteroatoms. The lowest BCUT2D eigenvalue weighted by molar-refractivity contribution is -0.103. The number of hydrogen-bond acceptors (Lipinski definition) is 3. The van der Waals surface area contributed by atoms with Gasteiger partial charge in [0, 0.05) is 20.9 Å². The molecule has 0 N–H and O–H groups in total. The number of hydrogen-bond donors (Lipinski definition) is 0. The average molecular weight is 296 g/mol. The quantitative estimate of drug-likeness (QED) is 0.491. The summed E-state index contributed by atoms with van der Waals surface area (Å²) in [6.45, 7) is 0. The molecule has 0 radical (unpaired) electrons. The molecule has 0 spiro atoms. The monoisotopic (exact) mass is 296 g/mol. The Kier molecular flexibility index (Phi) is 3.90. The molecule has 1 nitrogen and oxygen atoms in total. The van der Waals surface area contributed by atoms with Gasteiger partial charge in [0.15, 0.2) is 6.29 Å². The molecule has 3 aromatic rings. The zero-order valence-electron chi connectivity index (χ0n) is 10.7. The highest BCUT2D eigenvalue weighted by atomic mass is 32.1. The fraction of sp³-hybridized carbons (Fsp3) is 0. The van der Waals surface area contributed by atoms with Crippen molar-refractivity contribution < 1.29 is 4.79 Å². The molecule has 0 unspecified atom stereocenters. The summed E-state index contributed by atoms with van der Waals surface area (Å²) >= 11 is 3.32. The van der Waals surface area contributed by atoms with Gasteiger partial charge in [-0.25, -0.2) is 0 Å². The first-order chi connectivity index (χ1) is 9.90. The molecule has 0 aliphatic carbocycles. The van der Waals surface area contributed by atoms with E-state index in [-0.39, 0.29) is 0 Å². The fourth-order valence-corrected chi connectivity index (χ4v) is 3.78. The summed E-state index contributed by atoms with van der Waals surface area (Å²) in [5.74, 6) is 0. The lowest BCUT2D eigenvalue weighted by Gasteiger charge is -2.09. The van der Waals surface area contributed by atoms with Crippen molar-refractivity contribution in [3.8, 4) is 0 Å². The van der Waals surface area contributed by atoms with Crippen molar-refractivity contribution in [2.45, 2.75) is 0 Å². The van der Waals surface area contributed by atoms with Gasteiger partial charge in [-0.3, -0.25) is 4.79 Å². The summed E-state index contributed by atoms with van der Waals surface area (Å²) in [5.41, 5.74) is 2.73. The minimum Gasteiger partial charge on any atom is -0.298 e. The standard InChI is InChI=1S/C17H12OS2/c18-12-14(13-6-2-1-3-7-13)17(15-8-4-10-19-15)16-9-5-11-20-16/h1-12H. The topological polar surface area (TPSA) is 17.1 Å². The molecular weight excluding hydrogens is 284 g/mol. The number of aldehydes is 1. The number of carbonyl (C=O) groups is 1. The first-order valence-corrected chi connectivity index (χ1v) is 7.98. The van der Waals surface area contributed by atoms with E-state index in [0.29, 0.717) is 0 Å². The molecule has 0 fully saturated rings. The summed E-state index contributed by atoms with van der Waals surface area (Å²) < 4.78 is 0. The molecule has 2 heterocycles. The van der Waals surface area contributed by atoms with E-state index < -0.39 is 0 Å². The lowest BCUT2D eigenvalue weighted by Crippen LogP contribution is -1.92. The number of benzene rings is 1. The predicted molar refractivity (Wildman–Crippen MR) is 87.1 cm³/mol. The maximum absolute atomic E-state index is 11.7. The van der Waals surface area contributed by atoms with Gasteiger partial charge in [0.2, 0.25) is 0 Å². The molecule has 0 aliphatic rings. The molecule has 0 atom stereocenters. The van der Waals surface area contributed by atoms with Crippen LogP contribution in [0.25, 0.3) is 11.1 Å². The normalized spacial score (nSPS) is 10.2. The first-order valence-electron chi connectivity index (χ1n) is 6.23.